The molecular formula is C10H13N5O3. The molecule has 8 nitrogen and oxygen atoms in total. The van der Waals surface area contributed by atoms with E-state index in [0.717, 1.165) is 0 Å². The first-order valence-electron chi connectivity index (χ1n) is 5.54. The van der Waals surface area contributed by atoms with Crippen molar-refractivity contribution in [3.63, 3.8) is 0 Å². The molecule has 2 heterocycles. The van der Waals surface area contributed by atoms with E-state index in [-0.39, 0.29) is 12.1 Å². The summed E-state index contributed by atoms with van der Waals surface area (Å²) in [5, 5.41) is 3.62. The molecule has 1 aliphatic heterocycles. The summed E-state index contributed by atoms with van der Waals surface area (Å²) in [6.07, 6.45) is 1.09. The van der Waals surface area contributed by atoms with Crippen LogP contribution >= 0.6 is 0 Å². The average molecular weight is 251 g/mol. The topological polar surface area (TPSA) is 113 Å². The summed E-state index contributed by atoms with van der Waals surface area (Å²) in [4.78, 5) is 27.9. The number of hydrogen-bond donors (Lipinski definition) is 1. The molecule has 8 heteroatoms. The molecule has 1 aliphatic rings. The van der Waals surface area contributed by atoms with Gasteiger partial charge in [0.15, 0.2) is 0 Å². The lowest BCUT2D eigenvalue weighted by Gasteiger charge is -2.13. The third kappa shape index (κ3) is 2.15. The van der Waals surface area contributed by atoms with Gasteiger partial charge in [-0.1, -0.05) is 5.11 Å². The second-order valence-electron chi connectivity index (χ2n) is 4.28. The van der Waals surface area contributed by atoms with Gasteiger partial charge in [-0.05, 0) is 19.4 Å². The van der Waals surface area contributed by atoms with Gasteiger partial charge in [0.1, 0.15) is 6.23 Å². The molecule has 1 fully saturated rings. The van der Waals surface area contributed by atoms with Gasteiger partial charge in [-0.15, -0.1) is 0 Å². The van der Waals surface area contributed by atoms with Crippen LogP contribution < -0.4 is 11.2 Å². The molecule has 0 aromatic carbocycles. The van der Waals surface area contributed by atoms with Crippen LogP contribution in [-0.4, -0.2) is 21.7 Å². The molecule has 0 aliphatic carbocycles. The summed E-state index contributed by atoms with van der Waals surface area (Å²) in [6, 6.07) is -0.306. The SMILES string of the molecule is Cc1cn([C@H]2C[C@H](N=[N+]=[N-])[C@@H](C)O2)c(=O)[nH]c1=O. The minimum Gasteiger partial charge on any atom is -0.354 e. The molecule has 0 unspecified atom stereocenters. The number of ether oxygens (including phenoxy) is 1. The van der Waals surface area contributed by atoms with Crippen LogP contribution in [0.4, 0.5) is 0 Å². The van der Waals surface area contributed by atoms with Crippen molar-refractivity contribution in [2.75, 3.05) is 0 Å². The van der Waals surface area contributed by atoms with Gasteiger partial charge in [0.2, 0.25) is 0 Å². The first kappa shape index (κ1) is 12.4. The predicted octanol–water partition coefficient (Wildman–Crippen LogP) is 0.831. The predicted molar refractivity (Wildman–Crippen MR) is 63.2 cm³/mol. The van der Waals surface area contributed by atoms with E-state index in [0.29, 0.717) is 12.0 Å². The molecule has 0 radical (unpaired) electrons. The highest BCUT2D eigenvalue weighted by molar-refractivity contribution is 5.02. The Morgan fingerprint density at radius 3 is 3.00 bits per heavy atom. The number of nitrogens with one attached hydrogen (secondary N) is 1. The minimum absolute atomic E-state index is 0.259. The normalized spacial score (nSPS) is 26.9. The van der Waals surface area contributed by atoms with Crippen molar-refractivity contribution in [3.8, 4) is 0 Å². The van der Waals surface area contributed by atoms with Crippen molar-refractivity contribution in [2.45, 2.75) is 38.6 Å². The summed E-state index contributed by atoms with van der Waals surface area (Å²) in [6.45, 7) is 3.39. The van der Waals surface area contributed by atoms with Gasteiger partial charge in [0.25, 0.3) is 5.56 Å². The molecule has 0 amide bonds. The first-order chi connectivity index (χ1) is 8.52. The Labute approximate surface area is 102 Å². The van der Waals surface area contributed by atoms with Crippen molar-refractivity contribution in [2.24, 2.45) is 5.11 Å². The van der Waals surface area contributed by atoms with Crippen molar-refractivity contribution in [3.05, 3.63) is 43.0 Å². The fraction of sp³-hybridized carbons (Fsp3) is 0.600. The quantitative estimate of drug-likeness (QED) is 0.477. The monoisotopic (exact) mass is 251 g/mol. The van der Waals surface area contributed by atoms with Crippen LogP contribution in [0.25, 0.3) is 10.4 Å². The van der Waals surface area contributed by atoms with Crippen LogP contribution in [0.1, 0.15) is 25.1 Å². The lowest BCUT2D eigenvalue weighted by molar-refractivity contribution is 0.00601. The summed E-state index contributed by atoms with van der Waals surface area (Å²) in [5.41, 5.74) is 7.92. The standard InChI is InChI=1S/C10H13N5O3/c1-5-4-15(10(17)12-9(5)16)8-3-7(13-14-11)6(2)18-8/h4,6-8H,3H2,1-2H3,(H,12,16,17)/t6-,7+,8-/m1/s1. The maximum Gasteiger partial charge on any atom is 0.330 e. The Hall–Kier alpha value is -2.05. The van der Waals surface area contributed by atoms with Crippen LogP contribution in [0.3, 0.4) is 0 Å². The van der Waals surface area contributed by atoms with Gasteiger partial charge in [0, 0.05) is 23.1 Å². The lowest BCUT2D eigenvalue weighted by atomic mass is 10.1. The van der Waals surface area contributed by atoms with E-state index in [1.54, 1.807) is 13.8 Å². The fourth-order valence-electron chi connectivity index (χ4n) is 1.98. The molecule has 18 heavy (non-hydrogen) atoms. The van der Waals surface area contributed by atoms with Crippen molar-refractivity contribution in [1.29, 1.82) is 0 Å². The Morgan fingerprint density at radius 2 is 2.33 bits per heavy atom. The Morgan fingerprint density at radius 1 is 1.61 bits per heavy atom. The molecular weight excluding hydrogens is 238 g/mol. The largest absolute Gasteiger partial charge is 0.354 e. The van der Waals surface area contributed by atoms with Gasteiger partial charge >= 0.3 is 5.69 Å². The number of aryl methyl sites for hydroxylation is 1. The van der Waals surface area contributed by atoms with Crippen LogP contribution in [0.15, 0.2) is 20.9 Å². The molecule has 1 aromatic heterocycles. The van der Waals surface area contributed by atoms with Crippen LogP contribution in [-0.2, 0) is 4.74 Å². The Bertz CT molecular complexity index is 613. The number of aromatic nitrogens is 2. The molecule has 3 atom stereocenters. The third-order valence-corrected chi connectivity index (χ3v) is 3.01. The second kappa shape index (κ2) is 4.67. The van der Waals surface area contributed by atoms with Crippen LogP contribution in [0.2, 0.25) is 0 Å². The highest BCUT2D eigenvalue weighted by Gasteiger charge is 2.33. The number of aromatic amines is 1. The van der Waals surface area contributed by atoms with E-state index >= 15 is 0 Å². The first-order valence-corrected chi connectivity index (χ1v) is 5.54. The van der Waals surface area contributed by atoms with Crippen molar-refractivity contribution < 1.29 is 4.74 Å². The zero-order valence-corrected chi connectivity index (χ0v) is 10.0. The van der Waals surface area contributed by atoms with E-state index < -0.39 is 17.5 Å². The summed E-state index contributed by atoms with van der Waals surface area (Å²) in [5.74, 6) is 0. The van der Waals surface area contributed by atoms with Gasteiger partial charge in [-0.3, -0.25) is 14.3 Å². The van der Waals surface area contributed by atoms with Crippen LogP contribution in [0, 0.1) is 6.92 Å². The number of rotatable bonds is 2. The van der Waals surface area contributed by atoms with E-state index in [1.165, 1.54) is 10.8 Å². The molecule has 0 spiro atoms. The van der Waals surface area contributed by atoms with E-state index in [9.17, 15) is 9.59 Å². The van der Waals surface area contributed by atoms with Gasteiger partial charge in [-0.25, -0.2) is 4.79 Å². The molecule has 2 rings (SSSR count). The van der Waals surface area contributed by atoms with Crippen molar-refractivity contribution in [1.82, 2.24) is 9.55 Å². The molecule has 0 saturated carbocycles. The van der Waals surface area contributed by atoms with Crippen LogP contribution in [0.5, 0.6) is 0 Å². The average Bonchev–Trinajstić information content (AvgIpc) is 2.66. The lowest BCUT2D eigenvalue weighted by Crippen LogP contribution is -2.33. The van der Waals surface area contributed by atoms with Gasteiger partial charge < -0.3 is 4.74 Å². The van der Waals surface area contributed by atoms with E-state index in [4.69, 9.17) is 10.3 Å². The second-order valence-corrected chi connectivity index (χ2v) is 4.28. The van der Waals surface area contributed by atoms with E-state index in [2.05, 4.69) is 15.0 Å². The maximum absolute atomic E-state index is 11.7. The number of azide groups is 1. The third-order valence-electron chi connectivity index (χ3n) is 3.01. The molecule has 0 bridgehead atoms. The molecule has 1 saturated heterocycles. The summed E-state index contributed by atoms with van der Waals surface area (Å²) >= 11 is 0. The van der Waals surface area contributed by atoms with Crippen molar-refractivity contribution >= 4 is 0 Å². The number of H-pyrrole nitrogens is 1. The highest BCUT2D eigenvalue weighted by atomic mass is 16.5. The summed E-state index contributed by atoms with van der Waals surface area (Å²) < 4.78 is 6.88. The zero-order valence-electron chi connectivity index (χ0n) is 10.0. The maximum atomic E-state index is 11.7. The minimum atomic E-state index is -0.524. The number of nitrogens with zero attached hydrogens (tertiary/aromatic N) is 4. The van der Waals surface area contributed by atoms with E-state index in [1.807, 2.05) is 0 Å². The highest BCUT2D eigenvalue weighted by Crippen LogP contribution is 2.29. The zero-order chi connectivity index (χ0) is 13.3. The molecule has 1 aromatic rings. The Kier molecular flexibility index (Phi) is 3.22. The van der Waals surface area contributed by atoms with Gasteiger partial charge in [0.05, 0.1) is 12.1 Å². The fourth-order valence-corrected chi connectivity index (χ4v) is 1.98. The molecule has 96 valence electrons. The number of hydrogen-bond acceptors (Lipinski definition) is 4. The Balaban J connectivity index is 2.35. The molecule has 1 N–H and O–H groups in total. The summed E-state index contributed by atoms with van der Waals surface area (Å²) in [7, 11) is 0. The van der Waals surface area contributed by atoms with Gasteiger partial charge in [-0.2, -0.15) is 0 Å². The smallest absolute Gasteiger partial charge is 0.330 e.